The number of benzene rings is 2. The third-order valence-corrected chi connectivity index (χ3v) is 6.58. The molecule has 0 saturated carbocycles. The number of thiazole rings is 1. The number of aryl methyl sites for hydroxylation is 1. The van der Waals surface area contributed by atoms with Crippen molar-refractivity contribution in [2.75, 3.05) is 6.61 Å². The molecule has 6 nitrogen and oxygen atoms in total. The predicted molar refractivity (Wildman–Crippen MR) is 125 cm³/mol. The first-order chi connectivity index (χ1) is 15.1. The number of aliphatic hydroxyl groups excluding tert-OH is 1. The molecule has 4 rings (SSSR count). The zero-order valence-corrected chi connectivity index (χ0v) is 18.8. The van der Waals surface area contributed by atoms with Crippen molar-refractivity contribution < 1.29 is 9.84 Å². The van der Waals surface area contributed by atoms with Crippen LogP contribution in [-0.4, -0.2) is 26.2 Å². The van der Waals surface area contributed by atoms with E-state index in [1.807, 2.05) is 54.8 Å². The molecular weight excluding hydrogens is 430 g/mol. The monoisotopic (exact) mass is 453 g/mol. The minimum Gasteiger partial charge on any atom is -0.486 e. The molecule has 0 spiro atoms. The molecule has 2 heterocycles. The lowest BCUT2D eigenvalue weighted by Crippen LogP contribution is -2.24. The van der Waals surface area contributed by atoms with Crippen LogP contribution < -0.4 is 10.3 Å². The Hall–Kier alpha value is -2.68. The van der Waals surface area contributed by atoms with Gasteiger partial charge in [-0.2, -0.15) is 0 Å². The molecule has 0 aliphatic rings. The van der Waals surface area contributed by atoms with E-state index in [2.05, 4.69) is 9.97 Å². The molecule has 4 aromatic rings. The van der Waals surface area contributed by atoms with E-state index in [4.69, 9.17) is 4.74 Å². The first-order valence-electron chi connectivity index (χ1n) is 10.00. The van der Waals surface area contributed by atoms with Crippen molar-refractivity contribution >= 4 is 34.0 Å². The summed E-state index contributed by atoms with van der Waals surface area (Å²) in [4.78, 5) is 22.3. The fourth-order valence-electron chi connectivity index (χ4n) is 3.08. The maximum absolute atomic E-state index is 12.9. The third kappa shape index (κ3) is 5.33. The first kappa shape index (κ1) is 21.5. The van der Waals surface area contributed by atoms with Gasteiger partial charge in [0.05, 0.1) is 16.6 Å². The van der Waals surface area contributed by atoms with Crippen LogP contribution in [0.2, 0.25) is 0 Å². The topological polar surface area (TPSA) is 77.2 Å². The minimum atomic E-state index is -0.0768. The van der Waals surface area contributed by atoms with Gasteiger partial charge in [-0.3, -0.25) is 9.36 Å². The highest BCUT2D eigenvalue weighted by molar-refractivity contribution is 7.98. The fourth-order valence-corrected chi connectivity index (χ4v) is 4.81. The zero-order chi connectivity index (χ0) is 21.6. The summed E-state index contributed by atoms with van der Waals surface area (Å²) in [5.74, 6) is 1.43. The van der Waals surface area contributed by atoms with Gasteiger partial charge in [0.2, 0.25) is 0 Å². The van der Waals surface area contributed by atoms with Gasteiger partial charge in [0.1, 0.15) is 17.4 Å². The number of nitrogens with zero attached hydrogens (tertiary/aromatic N) is 3. The summed E-state index contributed by atoms with van der Waals surface area (Å²) in [6.07, 6.45) is 0.505. The second kappa shape index (κ2) is 10.1. The van der Waals surface area contributed by atoms with E-state index in [9.17, 15) is 9.90 Å². The van der Waals surface area contributed by atoms with Gasteiger partial charge in [-0.05, 0) is 37.6 Å². The molecule has 0 aliphatic heterocycles. The number of rotatable bonds is 9. The summed E-state index contributed by atoms with van der Waals surface area (Å²) >= 11 is 3.04. The number of aromatic nitrogens is 3. The number of thioether (sulfide) groups is 1. The van der Waals surface area contributed by atoms with Crippen LogP contribution in [0.15, 0.2) is 63.9 Å². The Balaban J connectivity index is 1.46. The summed E-state index contributed by atoms with van der Waals surface area (Å²) in [5, 5.41) is 13.4. The van der Waals surface area contributed by atoms with E-state index in [-0.39, 0.29) is 12.2 Å². The molecule has 0 atom stereocenters. The molecule has 31 heavy (non-hydrogen) atoms. The van der Waals surface area contributed by atoms with Gasteiger partial charge in [0.25, 0.3) is 5.56 Å². The normalized spacial score (nSPS) is 11.2. The molecule has 8 heteroatoms. The molecule has 1 N–H and O–H groups in total. The Labute approximate surface area is 188 Å². The number of ether oxygens (including phenoxy) is 1. The minimum absolute atomic E-state index is 0.0276. The van der Waals surface area contributed by atoms with Crippen molar-refractivity contribution in [3.8, 4) is 5.75 Å². The zero-order valence-electron chi connectivity index (χ0n) is 17.2. The van der Waals surface area contributed by atoms with Crippen molar-refractivity contribution in [3.05, 3.63) is 80.5 Å². The van der Waals surface area contributed by atoms with Crippen LogP contribution in [0.1, 0.15) is 22.7 Å². The van der Waals surface area contributed by atoms with E-state index in [0.29, 0.717) is 41.4 Å². The number of hydrogen-bond donors (Lipinski definition) is 1. The smallest absolute Gasteiger partial charge is 0.262 e. The van der Waals surface area contributed by atoms with E-state index >= 15 is 0 Å². The van der Waals surface area contributed by atoms with Gasteiger partial charge in [-0.15, -0.1) is 11.3 Å². The average Bonchev–Trinajstić information content (AvgIpc) is 3.25. The maximum atomic E-state index is 12.9. The van der Waals surface area contributed by atoms with Crippen LogP contribution in [-0.2, 0) is 18.9 Å². The molecule has 0 aliphatic carbocycles. The van der Waals surface area contributed by atoms with Crippen LogP contribution in [0.4, 0.5) is 0 Å². The van der Waals surface area contributed by atoms with Crippen molar-refractivity contribution in [3.63, 3.8) is 0 Å². The van der Waals surface area contributed by atoms with Crippen molar-refractivity contribution in [1.29, 1.82) is 0 Å². The highest BCUT2D eigenvalue weighted by atomic mass is 32.2. The second-order valence-electron chi connectivity index (χ2n) is 7.07. The Morgan fingerprint density at radius 3 is 2.74 bits per heavy atom. The van der Waals surface area contributed by atoms with Crippen molar-refractivity contribution in [2.24, 2.45) is 0 Å². The van der Waals surface area contributed by atoms with E-state index in [0.717, 1.165) is 16.5 Å². The highest BCUT2D eigenvalue weighted by Gasteiger charge is 2.12. The third-order valence-electron chi connectivity index (χ3n) is 4.70. The summed E-state index contributed by atoms with van der Waals surface area (Å²) < 4.78 is 7.46. The fraction of sp³-hybridized carbons (Fsp3) is 0.261. The Morgan fingerprint density at radius 2 is 1.94 bits per heavy atom. The Bertz CT molecular complexity index is 1220. The summed E-state index contributed by atoms with van der Waals surface area (Å²) in [7, 11) is 0. The van der Waals surface area contributed by atoms with E-state index in [1.54, 1.807) is 22.0 Å². The molecule has 0 radical (unpaired) electrons. The number of hydrogen-bond acceptors (Lipinski definition) is 7. The summed E-state index contributed by atoms with van der Waals surface area (Å²) in [5.41, 5.74) is 2.72. The van der Waals surface area contributed by atoms with Crippen molar-refractivity contribution in [2.45, 2.75) is 37.4 Å². The largest absolute Gasteiger partial charge is 0.486 e. The second-order valence-corrected chi connectivity index (χ2v) is 8.95. The Morgan fingerprint density at radius 1 is 1.13 bits per heavy atom. The highest BCUT2D eigenvalue weighted by Crippen LogP contribution is 2.24. The van der Waals surface area contributed by atoms with E-state index < -0.39 is 0 Å². The quantitative estimate of drug-likeness (QED) is 0.299. The SMILES string of the molecule is Cc1ccc(OCc2nc(CSc3nc4ccccc4c(=O)n3CCCO)cs2)cc1. The lowest BCUT2D eigenvalue weighted by Gasteiger charge is -2.12. The Kier molecular flexibility index (Phi) is 7.01. The van der Waals surface area contributed by atoms with Crippen LogP contribution in [0.5, 0.6) is 5.75 Å². The number of para-hydroxylation sites is 1. The van der Waals surface area contributed by atoms with Crippen LogP contribution >= 0.6 is 23.1 Å². The van der Waals surface area contributed by atoms with Crippen LogP contribution in [0, 0.1) is 6.92 Å². The molecular formula is C23H23N3O3S2. The molecule has 0 amide bonds. The predicted octanol–water partition coefficient (Wildman–Crippen LogP) is 4.42. The lowest BCUT2D eigenvalue weighted by molar-refractivity contribution is 0.276. The molecule has 0 fully saturated rings. The van der Waals surface area contributed by atoms with Gasteiger partial charge in [0.15, 0.2) is 5.16 Å². The molecule has 160 valence electrons. The first-order valence-corrected chi connectivity index (χ1v) is 11.9. The molecule has 0 bridgehead atoms. The van der Waals surface area contributed by atoms with Gasteiger partial charge >= 0.3 is 0 Å². The van der Waals surface area contributed by atoms with Gasteiger partial charge in [-0.25, -0.2) is 9.97 Å². The van der Waals surface area contributed by atoms with Crippen LogP contribution in [0.25, 0.3) is 10.9 Å². The average molecular weight is 454 g/mol. The summed E-state index contributed by atoms with van der Waals surface area (Å²) in [6.45, 7) is 2.93. The molecule has 2 aromatic heterocycles. The molecule has 2 aromatic carbocycles. The van der Waals surface area contributed by atoms with Gasteiger partial charge < -0.3 is 9.84 Å². The van der Waals surface area contributed by atoms with E-state index in [1.165, 1.54) is 17.3 Å². The summed E-state index contributed by atoms with van der Waals surface area (Å²) in [6, 6.07) is 15.3. The van der Waals surface area contributed by atoms with Gasteiger partial charge in [-0.1, -0.05) is 41.6 Å². The number of aliphatic hydroxyl groups is 1. The molecule has 0 unspecified atom stereocenters. The molecule has 0 saturated heterocycles. The lowest BCUT2D eigenvalue weighted by atomic mass is 10.2. The maximum Gasteiger partial charge on any atom is 0.262 e. The standard InChI is InChI=1S/C23H23N3O3S2/c1-16-7-9-18(10-8-16)29-13-21-24-17(14-30-21)15-31-23-25-20-6-3-2-5-19(20)22(28)26(23)11-4-12-27/h2-3,5-10,14,27H,4,11-13,15H2,1H3. The van der Waals surface area contributed by atoms with Gasteiger partial charge in [0, 0.05) is 24.3 Å². The van der Waals surface area contributed by atoms with Crippen molar-refractivity contribution in [1.82, 2.24) is 14.5 Å². The number of fused-ring (bicyclic) bond motifs is 1. The van der Waals surface area contributed by atoms with Crippen LogP contribution in [0.3, 0.4) is 0 Å².